The van der Waals surface area contributed by atoms with Crippen LogP contribution in [0.15, 0.2) is 24.5 Å². The van der Waals surface area contributed by atoms with E-state index in [1.807, 2.05) is 17.0 Å². The fourth-order valence-electron chi connectivity index (χ4n) is 3.49. The number of carbonyl (C=O) groups is 1. The Labute approximate surface area is 144 Å². The number of hydrogen-bond acceptors (Lipinski definition) is 4. The van der Waals surface area contributed by atoms with E-state index in [-0.39, 0.29) is 18.2 Å². The molecule has 1 atom stereocenters. The molecule has 24 heavy (non-hydrogen) atoms. The molecule has 3 rings (SSSR count). The summed E-state index contributed by atoms with van der Waals surface area (Å²) in [5, 5.41) is 3.14. The standard InChI is InChI=1S/C18H28N4O2/c1-15(14-21-10-2-3-11-21)20-18(23)22-12-6-17(7-13-22)24-16-4-8-19-9-5-16/h4-5,8-9,15,17H,2-3,6-7,10-14H2,1H3,(H,20,23)/t15-/m0/s1. The number of aromatic nitrogens is 1. The van der Waals surface area contributed by atoms with E-state index in [2.05, 4.69) is 22.1 Å². The second kappa shape index (κ2) is 8.33. The number of rotatable bonds is 5. The fourth-order valence-corrected chi connectivity index (χ4v) is 3.49. The smallest absolute Gasteiger partial charge is 0.317 e. The molecule has 132 valence electrons. The van der Waals surface area contributed by atoms with Crippen molar-refractivity contribution in [2.24, 2.45) is 0 Å². The number of amides is 2. The normalized spacial score (nSPS) is 20.8. The Kier molecular flexibility index (Phi) is 5.91. The van der Waals surface area contributed by atoms with Crippen molar-refractivity contribution in [2.45, 2.75) is 44.8 Å². The van der Waals surface area contributed by atoms with Crippen LogP contribution in [-0.4, -0.2) is 65.7 Å². The van der Waals surface area contributed by atoms with Gasteiger partial charge in [0.25, 0.3) is 0 Å². The number of ether oxygens (including phenoxy) is 1. The van der Waals surface area contributed by atoms with Crippen molar-refractivity contribution >= 4 is 6.03 Å². The highest BCUT2D eigenvalue weighted by atomic mass is 16.5. The van der Waals surface area contributed by atoms with Gasteiger partial charge in [0.05, 0.1) is 0 Å². The molecule has 1 N–H and O–H groups in total. The zero-order valence-electron chi connectivity index (χ0n) is 14.5. The molecular formula is C18H28N4O2. The van der Waals surface area contributed by atoms with E-state index in [1.54, 1.807) is 12.4 Å². The number of nitrogens with one attached hydrogen (secondary N) is 1. The molecule has 0 unspecified atom stereocenters. The highest BCUT2D eigenvalue weighted by Crippen LogP contribution is 2.18. The van der Waals surface area contributed by atoms with Gasteiger partial charge in [-0.1, -0.05) is 0 Å². The maximum atomic E-state index is 12.4. The lowest BCUT2D eigenvalue weighted by molar-refractivity contribution is 0.109. The van der Waals surface area contributed by atoms with Gasteiger partial charge in [0.1, 0.15) is 11.9 Å². The first-order valence-corrected chi connectivity index (χ1v) is 9.05. The van der Waals surface area contributed by atoms with Crippen molar-refractivity contribution < 1.29 is 9.53 Å². The molecule has 6 heteroatoms. The van der Waals surface area contributed by atoms with Gasteiger partial charge < -0.3 is 19.9 Å². The lowest BCUT2D eigenvalue weighted by atomic mass is 10.1. The number of likely N-dealkylation sites (tertiary alicyclic amines) is 2. The van der Waals surface area contributed by atoms with Gasteiger partial charge in [0, 0.05) is 50.9 Å². The molecule has 2 amide bonds. The van der Waals surface area contributed by atoms with Crippen molar-refractivity contribution in [3.63, 3.8) is 0 Å². The van der Waals surface area contributed by atoms with Gasteiger partial charge in [-0.15, -0.1) is 0 Å². The Morgan fingerprint density at radius 2 is 1.92 bits per heavy atom. The van der Waals surface area contributed by atoms with Gasteiger partial charge in [-0.25, -0.2) is 4.79 Å². The van der Waals surface area contributed by atoms with Crippen molar-refractivity contribution in [3.8, 4) is 5.75 Å². The van der Waals surface area contributed by atoms with Crippen molar-refractivity contribution in [2.75, 3.05) is 32.7 Å². The van der Waals surface area contributed by atoms with Crippen LogP contribution in [0.2, 0.25) is 0 Å². The minimum absolute atomic E-state index is 0.0593. The summed E-state index contributed by atoms with van der Waals surface area (Å²) in [6.07, 6.45) is 7.96. The summed E-state index contributed by atoms with van der Waals surface area (Å²) in [6.45, 7) is 6.87. The van der Waals surface area contributed by atoms with Crippen LogP contribution in [-0.2, 0) is 0 Å². The molecule has 3 heterocycles. The molecule has 2 aliphatic heterocycles. The molecule has 1 aromatic heterocycles. The van der Waals surface area contributed by atoms with E-state index in [0.29, 0.717) is 0 Å². The molecule has 6 nitrogen and oxygen atoms in total. The van der Waals surface area contributed by atoms with Crippen molar-refractivity contribution in [1.29, 1.82) is 0 Å². The number of piperidine rings is 1. The average Bonchev–Trinajstić information content (AvgIpc) is 3.09. The molecule has 0 saturated carbocycles. The minimum Gasteiger partial charge on any atom is -0.490 e. The van der Waals surface area contributed by atoms with Crippen LogP contribution in [0.1, 0.15) is 32.6 Å². The third kappa shape index (κ3) is 4.84. The van der Waals surface area contributed by atoms with E-state index in [9.17, 15) is 4.79 Å². The molecule has 2 aliphatic rings. The zero-order chi connectivity index (χ0) is 16.8. The first-order chi connectivity index (χ1) is 11.7. The monoisotopic (exact) mass is 332 g/mol. The molecule has 0 bridgehead atoms. The van der Waals surface area contributed by atoms with E-state index in [4.69, 9.17) is 4.74 Å². The molecule has 0 spiro atoms. The van der Waals surface area contributed by atoms with Crippen LogP contribution in [0.4, 0.5) is 4.79 Å². The van der Waals surface area contributed by atoms with Gasteiger partial charge in [-0.2, -0.15) is 0 Å². The van der Waals surface area contributed by atoms with Crippen LogP contribution in [0.3, 0.4) is 0 Å². The molecular weight excluding hydrogens is 304 g/mol. The topological polar surface area (TPSA) is 57.7 Å². The maximum Gasteiger partial charge on any atom is 0.317 e. The SMILES string of the molecule is C[C@@H](CN1CCCC1)NC(=O)N1CCC(Oc2ccncc2)CC1. The Hall–Kier alpha value is -1.82. The lowest BCUT2D eigenvalue weighted by Crippen LogP contribution is -2.50. The summed E-state index contributed by atoms with van der Waals surface area (Å²) in [5.74, 6) is 0.854. The van der Waals surface area contributed by atoms with E-state index in [1.165, 1.54) is 12.8 Å². The van der Waals surface area contributed by atoms with Crippen LogP contribution >= 0.6 is 0 Å². The lowest BCUT2D eigenvalue weighted by Gasteiger charge is -2.33. The molecule has 1 aromatic rings. The average molecular weight is 332 g/mol. The van der Waals surface area contributed by atoms with Gasteiger partial charge in [-0.05, 0) is 45.0 Å². The van der Waals surface area contributed by atoms with E-state index in [0.717, 1.165) is 51.3 Å². The van der Waals surface area contributed by atoms with Crippen molar-refractivity contribution in [1.82, 2.24) is 20.1 Å². The molecule has 2 saturated heterocycles. The van der Waals surface area contributed by atoms with E-state index >= 15 is 0 Å². The molecule has 0 aromatic carbocycles. The van der Waals surface area contributed by atoms with E-state index < -0.39 is 0 Å². The fraction of sp³-hybridized carbons (Fsp3) is 0.667. The summed E-state index contributed by atoms with van der Waals surface area (Å²) in [5.41, 5.74) is 0. The third-order valence-corrected chi connectivity index (χ3v) is 4.78. The summed E-state index contributed by atoms with van der Waals surface area (Å²) in [6, 6.07) is 4.00. The Morgan fingerprint density at radius 3 is 2.58 bits per heavy atom. The summed E-state index contributed by atoms with van der Waals surface area (Å²) >= 11 is 0. The number of pyridine rings is 1. The van der Waals surface area contributed by atoms with Gasteiger partial charge in [-0.3, -0.25) is 4.98 Å². The van der Waals surface area contributed by atoms with Gasteiger partial charge in [0.2, 0.25) is 0 Å². The first-order valence-electron chi connectivity index (χ1n) is 9.05. The Bertz CT molecular complexity index is 511. The highest BCUT2D eigenvalue weighted by molar-refractivity contribution is 5.74. The second-order valence-corrected chi connectivity index (χ2v) is 6.85. The highest BCUT2D eigenvalue weighted by Gasteiger charge is 2.25. The Morgan fingerprint density at radius 1 is 1.25 bits per heavy atom. The number of carbonyl (C=O) groups excluding carboxylic acids is 1. The summed E-state index contributed by atoms with van der Waals surface area (Å²) in [7, 11) is 0. The second-order valence-electron chi connectivity index (χ2n) is 6.85. The summed E-state index contributed by atoms with van der Waals surface area (Å²) in [4.78, 5) is 20.7. The largest absolute Gasteiger partial charge is 0.490 e. The number of hydrogen-bond donors (Lipinski definition) is 1. The van der Waals surface area contributed by atoms with Gasteiger partial charge >= 0.3 is 6.03 Å². The summed E-state index contributed by atoms with van der Waals surface area (Å²) < 4.78 is 5.95. The van der Waals surface area contributed by atoms with Gasteiger partial charge in [0.15, 0.2) is 0 Å². The molecule has 0 radical (unpaired) electrons. The predicted octanol–water partition coefficient (Wildman–Crippen LogP) is 2.12. The molecule has 0 aliphatic carbocycles. The predicted molar refractivity (Wildman–Crippen MR) is 93.1 cm³/mol. The van der Waals surface area contributed by atoms with Crippen molar-refractivity contribution in [3.05, 3.63) is 24.5 Å². The Balaban J connectivity index is 1.38. The van der Waals surface area contributed by atoms with Crippen LogP contribution in [0.5, 0.6) is 5.75 Å². The third-order valence-electron chi connectivity index (χ3n) is 4.78. The molecule has 2 fully saturated rings. The maximum absolute atomic E-state index is 12.4. The first kappa shape index (κ1) is 17.0. The van der Waals surface area contributed by atoms with Crippen LogP contribution < -0.4 is 10.1 Å². The number of urea groups is 1. The quantitative estimate of drug-likeness (QED) is 0.897. The van der Waals surface area contributed by atoms with Crippen LogP contribution in [0.25, 0.3) is 0 Å². The number of nitrogens with zero attached hydrogens (tertiary/aromatic N) is 3. The minimum atomic E-state index is 0.0593. The zero-order valence-corrected chi connectivity index (χ0v) is 14.5. The van der Waals surface area contributed by atoms with Crippen LogP contribution in [0, 0.1) is 0 Å².